The molecule has 0 bridgehead atoms. The fourth-order valence-corrected chi connectivity index (χ4v) is 1.46. The highest BCUT2D eigenvalue weighted by Crippen LogP contribution is 1.87. The maximum absolute atomic E-state index is 10.6. The first-order valence-electron chi connectivity index (χ1n) is 3.21. The van der Waals surface area contributed by atoms with Crippen LogP contribution in [0.5, 0.6) is 0 Å². The first-order chi connectivity index (χ1) is 5.21. The lowest BCUT2D eigenvalue weighted by Crippen LogP contribution is -2.02. The van der Waals surface area contributed by atoms with Gasteiger partial charge in [0.25, 0.3) is 0 Å². The smallest absolute Gasteiger partial charge is 0.150 e. The first kappa shape index (κ1) is 11.6. The Bertz CT molecular complexity index is 311. The van der Waals surface area contributed by atoms with Crippen LogP contribution in [-0.2, 0) is 19.7 Å². The Morgan fingerprint density at radius 1 is 0.833 bits per heavy atom. The van der Waals surface area contributed by atoms with Crippen molar-refractivity contribution in [2.75, 3.05) is 24.0 Å². The molecule has 0 unspecified atom stereocenters. The summed E-state index contributed by atoms with van der Waals surface area (Å²) in [4.78, 5) is 0. The normalized spacial score (nSPS) is 13.8. The molecule has 0 atom stereocenters. The van der Waals surface area contributed by atoms with Crippen LogP contribution in [0.1, 0.15) is 0 Å². The summed E-state index contributed by atoms with van der Waals surface area (Å²) in [6.45, 7) is 0. The highest BCUT2D eigenvalue weighted by molar-refractivity contribution is 7.91. The maximum Gasteiger partial charge on any atom is 0.150 e. The van der Waals surface area contributed by atoms with Gasteiger partial charge in [-0.3, -0.25) is 0 Å². The van der Waals surface area contributed by atoms with Crippen molar-refractivity contribution in [1.82, 2.24) is 0 Å². The molecule has 0 fully saturated rings. The lowest BCUT2D eigenvalue weighted by Gasteiger charge is -1.90. The summed E-state index contributed by atoms with van der Waals surface area (Å²) in [7, 11) is -6.05. The molecule has 12 heavy (non-hydrogen) atoms. The van der Waals surface area contributed by atoms with Gasteiger partial charge in [0.05, 0.1) is 11.5 Å². The van der Waals surface area contributed by atoms with Crippen LogP contribution in [0.4, 0.5) is 0 Å². The zero-order chi connectivity index (χ0) is 9.83. The van der Waals surface area contributed by atoms with Crippen LogP contribution >= 0.6 is 0 Å². The molecule has 0 saturated carbocycles. The molecule has 0 aliphatic rings. The summed E-state index contributed by atoms with van der Waals surface area (Å²) in [5.74, 6) is -0.217. The molecule has 0 aromatic carbocycles. The van der Waals surface area contributed by atoms with Gasteiger partial charge in [0.2, 0.25) is 0 Å². The number of hydrogen-bond donors (Lipinski definition) is 0. The van der Waals surface area contributed by atoms with E-state index in [0.29, 0.717) is 0 Å². The predicted octanol–water partition coefficient (Wildman–Crippen LogP) is -0.368. The zero-order valence-corrected chi connectivity index (χ0v) is 8.65. The van der Waals surface area contributed by atoms with Gasteiger partial charge in [-0.25, -0.2) is 16.8 Å². The molecule has 72 valence electrons. The summed E-state index contributed by atoms with van der Waals surface area (Å²) in [6, 6.07) is 0. The van der Waals surface area contributed by atoms with Crippen LogP contribution < -0.4 is 0 Å². The van der Waals surface area contributed by atoms with Gasteiger partial charge in [0, 0.05) is 12.5 Å². The summed E-state index contributed by atoms with van der Waals surface area (Å²) >= 11 is 0. The van der Waals surface area contributed by atoms with E-state index in [1.54, 1.807) is 0 Å². The van der Waals surface area contributed by atoms with E-state index in [1.165, 1.54) is 12.2 Å². The highest BCUT2D eigenvalue weighted by atomic mass is 32.2. The molecule has 0 rings (SSSR count). The van der Waals surface area contributed by atoms with E-state index in [9.17, 15) is 16.8 Å². The summed E-state index contributed by atoms with van der Waals surface area (Å²) in [5, 5.41) is 0. The van der Waals surface area contributed by atoms with E-state index in [-0.39, 0.29) is 11.5 Å². The second-order valence-corrected chi connectivity index (χ2v) is 7.03. The fraction of sp³-hybridized carbons (Fsp3) is 0.667. The van der Waals surface area contributed by atoms with E-state index in [0.717, 1.165) is 12.5 Å². The van der Waals surface area contributed by atoms with Crippen molar-refractivity contribution in [3.63, 3.8) is 0 Å². The van der Waals surface area contributed by atoms with Crippen molar-refractivity contribution in [3.8, 4) is 0 Å². The van der Waals surface area contributed by atoms with Gasteiger partial charge in [-0.2, -0.15) is 0 Å². The Labute approximate surface area is 73.1 Å². The second-order valence-electron chi connectivity index (χ2n) is 2.66. The van der Waals surface area contributed by atoms with E-state index < -0.39 is 19.7 Å². The quantitative estimate of drug-likeness (QED) is 0.596. The molecule has 0 aliphatic heterocycles. The Kier molecular flexibility index (Phi) is 3.92. The highest BCUT2D eigenvalue weighted by Gasteiger charge is 1.98. The zero-order valence-electron chi connectivity index (χ0n) is 7.02. The number of hydrogen-bond acceptors (Lipinski definition) is 4. The van der Waals surface area contributed by atoms with Gasteiger partial charge in [0.1, 0.15) is 0 Å². The Morgan fingerprint density at radius 3 is 1.25 bits per heavy atom. The van der Waals surface area contributed by atoms with Crippen molar-refractivity contribution in [2.45, 2.75) is 0 Å². The van der Waals surface area contributed by atoms with Gasteiger partial charge in [0.15, 0.2) is 19.7 Å². The molecular weight excluding hydrogens is 200 g/mol. The SMILES string of the molecule is CS(=O)(=O)C/C=C/CS(C)(=O)=O. The molecule has 0 amide bonds. The topological polar surface area (TPSA) is 68.3 Å². The van der Waals surface area contributed by atoms with Crippen molar-refractivity contribution in [3.05, 3.63) is 12.2 Å². The van der Waals surface area contributed by atoms with Crippen molar-refractivity contribution in [2.24, 2.45) is 0 Å². The molecule has 0 radical (unpaired) electrons. The van der Waals surface area contributed by atoms with E-state index in [2.05, 4.69) is 0 Å². The molecule has 0 aromatic rings. The van der Waals surface area contributed by atoms with Gasteiger partial charge in [-0.05, 0) is 0 Å². The van der Waals surface area contributed by atoms with Gasteiger partial charge in [-0.1, -0.05) is 12.2 Å². The minimum atomic E-state index is -3.02. The molecular formula is C6H12O4S2. The van der Waals surface area contributed by atoms with Gasteiger partial charge in [-0.15, -0.1) is 0 Å². The van der Waals surface area contributed by atoms with Crippen LogP contribution in [0.25, 0.3) is 0 Å². The molecule has 0 aromatic heterocycles. The Hall–Kier alpha value is -0.360. The number of rotatable bonds is 4. The fourth-order valence-electron chi connectivity index (χ4n) is 0.486. The Morgan fingerprint density at radius 2 is 1.08 bits per heavy atom. The summed E-state index contributed by atoms with van der Waals surface area (Å²) in [6.07, 6.45) is 4.88. The molecule has 4 nitrogen and oxygen atoms in total. The van der Waals surface area contributed by atoms with E-state index in [1.807, 2.05) is 0 Å². The van der Waals surface area contributed by atoms with Crippen LogP contribution in [0.2, 0.25) is 0 Å². The van der Waals surface area contributed by atoms with Gasteiger partial charge < -0.3 is 0 Å². The third-order valence-corrected chi connectivity index (χ3v) is 2.56. The molecule has 0 spiro atoms. The molecule has 0 heterocycles. The molecule has 0 N–H and O–H groups in total. The molecule has 0 aliphatic carbocycles. The minimum absolute atomic E-state index is 0.109. The predicted molar refractivity (Wildman–Crippen MR) is 48.6 cm³/mol. The van der Waals surface area contributed by atoms with Crippen LogP contribution in [0.3, 0.4) is 0 Å². The molecule has 0 saturated heterocycles. The van der Waals surface area contributed by atoms with Crippen molar-refractivity contribution >= 4 is 19.7 Å². The third-order valence-electron chi connectivity index (χ3n) is 0.965. The Balaban J connectivity index is 3.98. The van der Waals surface area contributed by atoms with Crippen LogP contribution in [0, 0.1) is 0 Å². The number of sulfone groups is 2. The van der Waals surface area contributed by atoms with Crippen LogP contribution in [0.15, 0.2) is 12.2 Å². The third kappa shape index (κ3) is 9.64. The monoisotopic (exact) mass is 212 g/mol. The average Bonchev–Trinajstić information content (AvgIpc) is 1.76. The standard InChI is InChI=1S/C6H12O4S2/c1-11(7,8)5-3-4-6-12(2,9)10/h3-4H,5-6H2,1-2H3/b4-3+. The van der Waals surface area contributed by atoms with Crippen molar-refractivity contribution < 1.29 is 16.8 Å². The van der Waals surface area contributed by atoms with E-state index >= 15 is 0 Å². The second kappa shape index (κ2) is 4.04. The van der Waals surface area contributed by atoms with Crippen molar-refractivity contribution in [1.29, 1.82) is 0 Å². The lowest BCUT2D eigenvalue weighted by molar-refractivity contribution is 0.602. The average molecular weight is 212 g/mol. The maximum atomic E-state index is 10.6. The van der Waals surface area contributed by atoms with E-state index in [4.69, 9.17) is 0 Å². The minimum Gasteiger partial charge on any atom is -0.229 e. The molecule has 6 heteroatoms. The van der Waals surface area contributed by atoms with Gasteiger partial charge >= 0.3 is 0 Å². The summed E-state index contributed by atoms with van der Waals surface area (Å²) < 4.78 is 42.2. The summed E-state index contributed by atoms with van der Waals surface area (Å²) in [5.41, 5.74) is 0. The largest absolute Gasteiger partial charge is 0.229 e. The lowest BCUT2D eigenvalue weighted by atomic mass is 10.6. The first-order valence-corrected chi connectivity index (χ1v) is 7.33. The van der Waals surface area contributed by atoms with Crippen LogP contribution in [-0.4, -0.2) is 40.9 Å².